The van der Waals surface area contributed by atoms with Crippen LogP contribution in [0.1, 0.15) is 39.0 Å². The number of hydrogen-bond acceptors (Lipinski definition) is 4. The van der Waals surface area contributed by atoms with Crippen LogP contribution in [-0.2, 0) is 14.6 Å². The van der Waals surface area contributed by atoms with Crippen LogP contribution in [0.3, 0.4) is 0 Å². The lowest BCUT2D eigenvalue weighted by molar-refractivity contribution is -0.124. The fraction of sp³-hybridized carbons (Fsp3) is 0.909. The third-order valence-electron chi connectivity index (χ3n) is 3.15. The lowest BCUT2D eigenvalue weighted by Crippen LogP contribution is -2.47. The van der Waals surface area contributed by atoms with Crippen molar-refractivity contribution in [2.75, 3.05) is 18.6 Å². The van der Waals surface area contributed by atoms with Gasteiger partial charge in [-0.05, 0) is 25.8 Å². The topological polar surface area (TPSA) is 63.2 Å². The molecule has 0 spiro atoms. The van der Waals surface area contributed by atoms with E-state index in [0.29, 0.717) is 0 Å². The zero-order chi connectivity index (χ0) is 12.2. The maximum atomic E-state index is 12.1. The lowest BCUT2D eigenvalue weighted by atomic mass is 9.86. The summed E-state index contributed by atoms with van der Waals surface area (Å²) in [7, 11) is -3.04. The van der Waals surface area contributed by atoms with Crippen molar-refractivity contribution in [2.24, 2.45) is 0 Å². The molecule has 0 aliphatic carbocycles. The molecule has 0 aromatic rings. The molecule has 94 valence electrons. The summed E-state index contributed by atoms with van der Waals surface area (Å²) in [4.78, 5) is 12.1. The van der Waals surface area contributed by atoms with Gasteiger partial charge in [-0.15, -0.1) is 0 Å². The van der Waals surface area contributed by atoms with Crippen molar-refractivity contribution in [3.8, 4) is 0 Å². The number of ketones is 1. The van der Waals surface area contributed by atoms with E-state index in [-0.39, 0.29) is 18.0 Å². The summed E-state index contributed by atoms with van der Waals surface area (Å²) in [5.74, 6) is 0.0381. The molecule has 1 heterocycles. The Morgan fingerprint density at radius 2 is 2.12 bits per heavy atom. The molecule has 0 aromatic carbocycles. The smallest absolute Gasteiger partial charge is 0.153 e. The van der Waals surface area contributed by atoms with Crippen LogP contribution in [0.4, 0.5) is 0 Å². The Labute approximate surface area is 97.7 Å². The standard InChI is InChI=1S/C11H21NO3S/c1-3-6-11(7-4-8-12-11)10(13)5-9-16(2,14)15/h12H,3-9H2,1-2H3. The van der Waals surface area contributed by atoms with E-state index in [1.165, 1.54) is 6.26 Å². The summed E-state index contributed by atoms with van der Waals surface area (Å²) in [6.45, 7) is 2.91. The Morgan fingerprint density at radius 1 is 1.44 bits per heavy atom. The molecule has 0 saturated carbocycles. The van der Waals surface area contributed by atoms with Gasteiger partial charge < -0.3 is 5.32 Å². The molecule has 1 fully saturated rings. The Kier molecular flexibility index (Phi) is 4.50. The first-order valence-electron chi connectivity index (χ1n) is 5.86. The molecule has 0 amide bonds. The van der Waals surface area contributed by atoms with Gasteiger partial charge in [-0.3, -0.25) is 4.79 Å². The molecule has 4 nitrogen and oxygen atoms in total. The maximum absolute atomic E-state index is 12.1. The molecule has 1 rings (SSSR count). The molecule has 0 bridgehead atoms. The Morgan fingerprint density at radius 3 is 2.56 bits per heavy atom. The molecule has 1 unspecified atom stereocenters. The van der Waals surface area contributed by atoms with Gasteiger partial charge in [0, 0.05) is 12.7 Å². The summed E-state index contributed by atoms with van der Waals surface area (Å²) in [5, 5.41) is 3.26. The Balaban J connectivity index is 2.62. The van der Waals surface area contributed by atoms with Crippen LogP contribution in [0, 0.1) is 0 Å². The lowest BCUT2D eigenvalue weighted by Gasteiger charge is -2.27. The van der Waals surface area contributed by atoms with Crippen LogP contribution in [-0.4, -0.2) is 38.3 Å². The third-order valence-corrected chi connectivity index (χ3v) is 4.10. The van der Waals surface area contributed by atoms with Crippen LogP contribution in [0.25, 0.3) is 0 Å². The van der Waals surface area contributed by atoms with Crippen LogP contribution in [0.5, 0.6) is 0 Å². The van der Waals surface area contributed by atoms with Gasteiger partial charge in [0.25, 0.3) is 0 Å². The van der Waals surface area contributed by atoms with Gasteiger partial charge in [0.2, 0.25) is 0 Å². The Hall–Kier alpha value is -0.420. The first kappa shape index (κ1) is 13.6. The summed E-state index contributed by atoms with van der Waals surface area (Å²) in [6.07, 6.45) is 4.93. The van der Waals surface area contributed by atoms with Crippen molar-refractivity contribution in [3.63, 3.8) is 0 Å². The van der Waals surface area contributed by atoms with E-state index in [4.69, 9.17) is 0 Å². The molecule has 1 saturated heterocycles. The van der Waals surface area contributed by atoms with E-state index < -0.39 is 15.4 Å². The van der Waals surface area contributed by atoms with Crippen LogP contribution < -0.4 is 5.32 Å². The highest BCUT2D eigenvalue weighted by molar-refractivity contribution is 7.90. The molecule has 1 N–H and O–H groups in total. The number of rotatable bonds is 6. The SMILES string of the molecule is CCCC1(C(=O)CCS(C)(=O)=O)CCCN1. The second kappa shape index (κ2) is 5.27. The quantitative estimate of drug-likeness (QED) is 0.758. The minimum absolute atomic E-state index is 0.0288. The zero-order valence-electron chi connectivity index (χ0n) is 10.1. The molecule has 0 aromatic heterocycles. The van der Waals surface area contributed by atoms with Crippen molar-refractivity contribution in [1.82, 2.24) is 5.32 Å². The van der Waals surface area contributed by atoms with Crippen molar-refractivity contribution < 1.29 is 13.2 Å². The molecule has 1 atom stereocenters. The molecular weight excluding hydrogens is 226 g/mol. The summed E-state index contributed by atoms with van der Waals surface area (Å²) in [5.41, 5.74) is -0.431. The van der Waals surface area contributed by atoms with Gasteiger partial charge >= 0.3 is 0 Å². The van der Waals surface area contributed by atoms with Crippen molar-refractivity contribution in [2.45, 2.75) is 44.6 Å². The van der Waals surface area contributed by atoms with E-state index in [1.807, 2.05) is 6.92 Å². The highest BCUT2D eigenvalue weighted by Gasteiger charge is 2.39. The number of sulfone groups is 1. The number of carbonyl (C=O) groups excluding carboxylic acids is 1. The molecule has 1 aliphatic rings. The van der Waals surface area contributed by atoms with Crippen LogP contribution >= 0.6 is 0 Å². The minimum Gasteiger partial charge on any atom is -0.305 e. The van der Waals surface area contributed by atoms with Gasteiger partial charge in [-0.2, -0.15) is 0 Å². The average molecular weight is 247 g/mol. The van der Waals surface area contributed by atoms with Crippen molar-refractivity contribution >= 4 is 15.6 Å². The second-order valence-corrected chi connectivity index (χ2v) is 6.93. The van der Waals surface area contributed by atoms with E-state index in [0.717, 1.165) is 32.2 Å². The first-order chi connectivity index (χ1) is 7.40. The van der Waals surface area contributed by atoms with Crippen molar-refractivity contribution in [1.29, 1.82) is 0 Å². The number of nitrogens with one attached hydrogen (secondary N) is 1. The van der Waals surface area contributed by atoms with E-state index in [2.05, 4.69) is 5.32 Å². The monoisotopic (exact) mass is 247 g/mol. The van der Waals surface area contributed by atoms with Crippen LogP contribution in [0.15, 0.2) is 0 Å². The van der Waals surface area contributed by atoms with Gasteiger partial charge in [0.15, 0.2) is 5.78 Å². The third kappa shape index (κ3) is 3.56. The number of carbonyl (C=O) groups is 1. The highest BCUT2D eigenvalue weighted by atomic mass is 32.2. The fourth-order valence-electron chi connectivity index (χ4n) is 2.34. The highest BCUT2D eigenvalue weighted by Crippen LogP contribution is 2.27. The number of hydrogen-bond donors (Lipinski definition) is 1. The normalized spacial score (nSPS) is 25.9. The molecular formula is C11H21NO3S. The summed E-state index contributed by atoms with van der Waals surface area (Å²) >= 11 is 0. The van der Waals surface area contributed by atoms with E-state index >= 15 is 0 Å². The van der Waals surface area contributed by atoms with Gasteiger partial charge in [-0.1, -0.05) is 13.3 Å². The molecule has 0 radical (unpaired) electrons. The van der Waals surface area contributed by atoms with Crippen LogP contribution in [0.2, 0.25) is 0 Å². The predicted molar refractivity (Wildman–Crippen MR) is 64.2 cm³/mol. The number of Topliss-reactive ketones (excluding diaryl/α,β-unsaturated/α-hetero) is 1. The average Bonchev–Trinajstić information content (AvgIpc) is 2.63. The minimum atomic E-state index is -3.04. The second-order valence-electron chi connectivity index (χ2n) is 4.67. The van der Waals surface area contributed by atoms with E-state index in [1.54, 1.807) is 0 Å². The zero-order valence-corrected chi connectivity index (χ0v) is 10.9. The molecule has 16 heavy (non-hydrogen) atoms. The van der Waals surface area contributed by atoms with Gasteiger partial charge in [0.1, 0.15) is 9.84 Å². The summed E-state index contributed by atoms with van der Waals surface area (Å²) < 4.78 is 22.1. The van der Waals surface area contributed by atoms with E-state index in [9.17, 15) is 13.2 Å². The molecule has 1 aliphatic heterocycles. The maximum Gasteiger partial charge on any atom is 0.153 e. The molecule has 5 heteroatoms. The Bertz CT molecular complexity index is 342. The van der Waals surface area contributed by atoms with Gasteiger partial charge in [0.05, 0.1) is 11.3 Å². The largest absolute Gasteiger partial charge is 0.305 e. The predicted octanol–water partition coefficient (Wildman–Crippen LogP) is 0.912. The first-order valence-corrected chi connectivity index (χ1v) is 7.92. The summed E-state index contributed by atoms with van der Waals surface area (Å²) in [6, 6.07) is 0. The van der Waals surface area contributed by atoms with Gasteiger partial charge in [-0.25, -0.2) is 8.42 Å². The fourth-order valence-corrected chi connectivity index (χ4v) is 2.90. The van der Waals surface area contributed by atoms with Crippen molar-refractivity contribution in [3.05, 3.63) is 0 Å².